The fourth-order valence-electron chi connectivity index (χ4n) is 1.68. The number of nitrogens with one attached hydrogen (secondary N) is 2. The summed E-state index contributed by atoms with van der Waals surface area (Å²) in [6, 6.07) is 7.07. The Morgan fingerprint density at radius 1 is 1.39 bits per heavy atom. The van der Waals surface area contributed by atoms with E-state index in [1.54, 1.807) is 25.3 Å². The molecule has 0 fully saturated rings. The van der Waals surface area contributed by atoms with Crippen molar-refractivity contribution in [1.82, 2.24) is 15.4 Å². The highest BCUT2D eigenvalue weighted by Crippen LogP contribution is 2.17. The van der Waals surface area contributed by atoms with E-state index in [1.165, 1.54) is 0 Å². The zero-order valence-corrected chi connectivity index (χ0v) is 9.60. The van der Waals surface area contributed by atoms with Crippen LogP contribution in [0.3, 0.4) is 0 Å². The lowest BCUT2D eigenvalue weighted by Crippen LogP contribution is -2.10. The molecule has 2 heterocycles. The Bertz CT molecular complexity index is 714. The minimum Gasteiger partial charge on any atom is -0.351 e. The van der Waals surface area contributed by atoms with Gasteiger partial charge in [0.25, 0.3) is 5.91 Å². The third-order valence-corrected chi connectivity index (χ3v) is 2.55. The van der Waals surface area contributed by atoms with Gasteiger partial charge in [-0.05, 0) is 25.1 Å². The van der Waals surface area contributed by atoms with Gasteiger partial charge in [-0.1, -0.05) is 5.16 Å². The molecule has 1 amide bonds. The van der Waals surface area contributed by atoms with Crippen molar-refractivity contribution in [2.45, 2.75) is 6.92 Å². The molecule has 0 saturated heterocycles. The van der Waals surface area contributed by atoms with Crippen molar-refractivity contribution in [3.8, 4) is 0 Å². The van der Waals surface area contributed by atoms with Gasteiger partial charge in [-0.15, -0.1) is 0 Å². The van der Waals surface area contributed by atoms with Gasteiger partial charge in [-0.25, -0.2) is 0 Å². The van der Waals surface area contributed by atoms with Crippen molar-refractivity contribution >= 4 is 22.5 Å². The number of aromatic nitrogens is 3. The molecule has 3 rings (SSSR count). The number of H-pyrrole nitrogens is 1. The highest BCUT2D eigenvalue weighted by molar-refractivity contribution is 6.03. The van der Waals surface area contributed by atoms with Crippen molar-refractivity contribution < 1.29 is 9.32 Å². The van der Waals surface area contributed by atoms with Crippen LogP contribution in [0.5, 0.6) is 0 Å². The topological polar surface area (TPSA) is 83.8 Å². The molecule has 0 atom stereocenters. The van der Waals surface area contributed by atoms with E-state index in [-0.39, 0.29) is 11.7 Å². The van der Waals surface area contributed by atoms with Crippen LogP contribution in [0.25, 0.3) is 10.9 Å². The molecule has 1 aromatic carbocycles. The first-order valence-electron chi connectivity index (χ1n) is 5.40. The SMILES string of the molecule is Cc1cc(C(=O)Nc2ccc3[nH]ncc3c2)on1. The molecule has 0 aliphatic heterocycles. The van der Waals surface area contributed by atoms with E-state index in [4.69, 9.17) is 4.52 Å². The fraction of sp³-hybridized carbons (Fsp3) is 0.0833. The van der Waals surface area contributed by atoms with Crippen molar-refractivity contribution in [1.29, 1.82) is 0 Å². The number of hydrogen-bond donors (Lipinski definition) is 2. The first-order valence-corrected chi connectivity index (χ1v) is 5.40. The lowest BCUT2D eigenvalue weighted by atomic mass is 10.2. The third kappa shape index (κ3) is 1.84. The molecule has 0 aliphatic rings. The summed E-state index contributed by atoms with van der Waals surface area (Å²) in [5, 5.41) is 14.1. The van der Waals surface area contributed by atoms with Gasteiger partial charge in [0.05, 0.1) is 17.4 Å². The average molecular weight is 242 g/mol. The van der Waals surface area contributed by atoms with Crippen LogP contribution in [-0.4, -0.2) is 21.3 Å². The van der Waals surface area contributed by atoms with Crippen LogP contribution in [-0.2, 0) is 0 Å². The minimum absolute atomic E-state index is 0.194. The highest BCUT2D eigenvalue weighted by Gasteiger charge is 2.11. The van der Waals surface area contributed by atoms with E-state index in [1.807, 2.05) is 12.1 Å². The number of nitrogens with zero attached hydrogens (tertiary/aromatic N) is 2. The van der Waals surface area contributed by atoms with Crippen LogP contribution in [0.2, 0.25) is 0 Å². The Morgan fingerprint density at radius 2 is 2.28 bits per heavy atom. The number of hydrogen-bond acceptors (Lipinski definition) is 4. The van der Waals surface area contributed by atoms with Crippen LogP contribution in [0, 0.1) is 6.92 Å². The second kappa shape index (κ2) is 3.99. The van der Waals surface area contributed by atoms with E-state index in [0.29, 0.717) is 11.4 Å². The van der Waals surface area contributed by atoms with Crippen LogP contribution in [0.1, 0.15) is 16.2 Å². The molecule has 0 saturated carbocycles. The minimum atomic E-state index is -0.321. The quantitative estimate of drug-likeness (QED) is 0.720. The van der Waals surface area contributed by atoms with Gasteiger partial charge in [0, 0.05) is 17.1 Å². The highest BCUT2D eigenvalue weighted by atomic mass is 16.5. The van der Waals surface area contributed by atoms with Crippen LogP contribution >= 0.6 is 0 Å². The maximum Gasteiger partial charge on any atom is 0.294 e. The number of benzene rings is 1. The Morgan fingerprint density at radius 3 is 3.06 bits per heavy atom. The number of aryl methyl sites for hydroxylation is 1. The molecule has 0 bridgehead atoms. The monoisotopic (exact) mass is 242 g/mol. The van der Waals surface area contributed by atoms with Gasteiger partial charge >= 0.3 is 0 Å². The predicted molar refractivity (Wildman–Crippen MR) is 65.3 cm³/mol. The number of amides is 1. The molecule has 2 aromatic heterocycles. The molecular formula is C12H10N4O2. The zero-order chi connectivity index (χ0) is 12.5. The lowest BCUT2D eigenvalue weighted by molar-refractivity contribution is 0.0988. The normalized spacial score (nSPS) is 10.7. The molecular weight excluding hydrogens is 232 g/mol. The van der Waals surface area contributed by atoms with E-state index >= 15 is 0 Å². The molecule has 3 aromatic rings. The van der Waals surface area contributed by atoms with E-state index in [0.717, 1.165) is 10.9 Å². The van der Waals surface area contributed by atoms with E-state index in [9.17, 15) is 4.79 Å². The largest absolute Gasteiger partial charge is 0.351 e. The number of carbonyl (C=O) groups excluding carboxylic acids is 1. The second-order valence-electron chi connectivity index (χ2n) is 3.96. The van der Waals surface area contributed by atoms with Gasteiger partial charge in [0.2, 0.25) is 5.76 Å². The van der Waals surface area contributed by atoms with Crippen molar-refractivity contribution in [2.75, 3.05) is 5.32 Å². The zero-order valence-electron chi connectivity index (χ0n) is 9.60. The summed E-state index contributed by atoms with van der Waals surface area (Å²) in [5.74, 6) is -0.127. The molecule has 0 unspecified atom stereocenters. The van der Waals surface area contributed by atoms with Crippen molar-refractivity contribution in [3.63, 3.8) is 0 Å². The summed E-state index contributed by atoms with van der Waals surface area (Å²) in [6.45, 7) is 1.76. The number of fused-ring (bicyclic) bond motifs is 1. The Kier molecular flexibility index (Phi) is 2.33. The molecule has 0 aliphatic carbocycles. The maximum absolute atomic E-state index is 11.8. The van der Waals surface area contributed by atoms with Gasteiger partial charge in [0.1, 0.15) is 0 Å². The first kappa shape index (κ1) is 10.5. The van der Waals surface area contributed by atoms with Crippen LogP contribution < -0.4 is 5.32 Å². The molecule has 6 heteroatoms. The lowest BCUT2D eigenvalue weighted by Gasteiger charge is -2.02. The molecule has 0 radical (unpaired) electrons. The van der Waals surface area contributed by atoms with Crippen LogP contribution in [0.15, 0.2) is 35.0 Å². The number of aromatic amines is 1. The Labute approximate surface area is 102 Å². The first-order chi connectivity index (χ1) is 8.72. The van der Waals surface area contributed by atoms with E-state index < -0.39 is 0 Å². The maximum atomic E-state index is 11.8. The standard InChI is InChI=1S/C12H10N4O2/c1-7-4-11(18-16-7)12(17)14-9-2-3-10-8(5-9)6-13-15-10/h2-6H,1H3,(H,13,15)(H,14,17). The van der Waals surface area contributed by atoms with Crippen molar-refractivity contribution in [3.05, 3.63) is 41.9 Å². The summed E-state index contributed by atoms with van der Waals surface area (Å²) in [7, 11) is 0. The van der Waals surface area contributed by atoms with Gasteiger partial charge in [-0.3, -0.25) is 9.89 Å². The molecule has 6 nitrogen and oxygen atoms in total. The van der Waals surface area contributed by atoms with Gasteiger partial charge < -0.3 is 9.84 Å². The molecule has 0 spiro atoms. The number of carbonyl (C=O) groups is 1. The molecule has 90 valence electrons. The third-order valence-electron chi connectivity index (χ3n) is 2.55. The summed E-state index contributed by atoms with van der Waals surface area (Å²) < 4.78 is 4.89. The van der Waals surface area contributed by atoms with E-state index in [2.05, 4.69) is 20.7 Å². The number of rotatable bonds is 2. The fourth-order valence-corrected chi connectivity index (χ4v) is 1.68. The predicted octanol–water partition coefficient (Wildman–Crippen LogP) is 2.11. The molecule has 18 heavy (non-hydrogen) atoms. The van der Waals surface area contributed by atoms with Gasteiger partial charge in [-0.2, -0.15) is 5.10 Å². The average Bonchev–Trinajstić information content (AvgIpc) is 2.96. The Hall–Kier alpha value is -2.63. The number of anilines is 1. The summed E-state index contributed by atoms with van der Waals surface area (Å²) in [6.07, 6.45) is 1.70. The van der Waals surface area contributed by atoms with Gasteiger partial charge in [0.15, 0.2) is 0 Å². The van der Waals surface area contributed by atoms with Crippen molar-refractivity contribution in [2.24, 2.45) is 0 Å². The summed E-state index contributed by atoms with van der Waals surface area (Å²) in [5.41, 5.74) is 2.27. The molecule has 2 N–H and O–H groups in total. The smallest absolute Gasteiger partial charge is 0.294 e. The van der Waals surface area contributed by atoms with Crippen LogP contribution in [0.4, 0.5) is 5.69 Å². The summed E-state index contributed by atoms with van der Waals surface area (Å²) in [4.78, 5) is 11.8. The second-order valence-corrected chi connectivity index (χ2v) is 3.96. The summed E-state index contributed by atoms with van der Waals surface area (Å²) >= 11 is 0. The Balaban J connectivity index is 1.85.